The molecule has 0 saturated carbocycles. The van der Waals surface area contributed by atoms with Gasteiger partial charge in [0.1, 0.15) is 5.82 Å². The summed E-state index contributed by atoms with van der Waals surface area (Å²) >= 11 is 0. The molecule has 2 aliphatic heterocycles. The van der Waals surface area contributed by atoms with E-state index >= 15 is 0 Å². The van der Waals surface area contributed by atoms with Gasteiger partial charge in [0.25, 0.3) is 5.91 Å². The van der Waals surface area contributed by atoms with Crippen LogP contribution >= 0.6 is 0 Å². The minimum Gasteiger partial charge on any atom is -0.368 e. The van der Waals surface area contributed by atoms with E-state index in [1.807, 2.05) is 17.0 Å². The van der Waals surface area contributed by atoms with Crippen LogP contribution in [0.1, 0.15) is 30.1 Å². The summed E-state index contributed by atoms with van der Waals surface area (Å²) < 4.78 is 0. The molecule has 0 aliphatic carbocycles. The molecule has 1 aromatic heterocycles. The summed E-state index contributed by atoms with van der Waals surface area (Å²) in [6, 6.07) is 14.4. The van der Waals surface area contributed by atoms with Gasteiger partial charge in [-0.1, -0.05) is 25.1 Å². The molecule has 5 nitrogen and oxygen atoms in total. The fourth-order valence-corrected chi connectivity index (χ4v) is 3.95. The predicted molar refractivity (Wildman–Crippen MR) is 109 cm³/mol. The van der Waals surface area contributed by atoms with Crippen LogP contribution in [0.3, 0.4) is 0 Å². The Balaban J connectivity index is 1.40. The fourth-order valence-electron chi connectivity index (χ4n) is 3.95. The molecule has 0 unspecified atom stereocenters. The first-order chi connectivity index (χ1) is 13.2. The van der Waals surface area contributed by atoms with E-state index in [1.165, 1.54) is 5.69 Å². The molecule has 1 aromatic carbocycles. The Morgan fingerprint density at radius 2 is 1.59 bits per heavy atom. The Hall–Kier alpha value is -2.56. The highest BCUT2D eigenvalue weighted by Gasteiger charge is 2.23. The Labute approximate surface area is 161 Å². The standard InChI is InChI=1S/C22H28N4O/c1-18-8-11-26(12-9-18)22(27)19-7-10-23-21(17-19)25-15-13-24(14-16-25)20-5-3-2-4-6-20/h2-7,10,17-18H,8-9,11-16H2,1H3. The molecule has 0 bridgehead atoms. The predicted octanol–water partition coefficient (Wildman–Crippen LogP) is 3.28. The number of nitrogens with zero attached hydrogens (tertiary/aromatic N) is 4. The van der Waals surface area contributed by atoms with Crippen molar-refractivity contribution in [3.05, 3.63) is 54.2 Å². The second-order valence-corrected chi connectivity index (χ2v) is 7.69. The lowest BCUT2D eigenvalue weighted by atomic mass is 9.99. The van der Waals surface area contributed by atoms with Gasteiger partial charge in [-0.3, -0.25) is 4.79 Å². The molecule has 3 heterocycles. The summed E-state index contributed by atoms with van der Waals surface area (Å²) in [5.74, 6) is 1.79. The highest BCUT2D eigenvalue weighted by atomic mass is 16.2. The van der Waals surface area contributed by atoms with Crippen LogP contribution in [0.2, 0.25) is 0 Å². The SMILES string of the molecule is CC1CCN(C(=O)c2ccnc(N3CCN(c4ccccc4)CC3)c2)CC1. The number of para-hydroxylation sites is 1. The van der Waals surface area contributed by atoms with Crippen molar-refractivity contribution in [1.82, 2.24) is 9.88 Å². The second-order valence-electron chi connectivity index (χ2n) is 7.69. The second kappa shape index (κ2) is 7.99. The molecule has 0 N–H and O–H groups in total. The Bertz CT molecular complexity index is 763. The van der Waals surface area contributed by atoms with Gasteiger partial charge in [0.2, 0.25) is 0 Å². The Morgan fingerprint density at radius 1 is 0.926 bits per heavy atom. The van der Waals surface area contributed by atoms with Crippen molar-refractivity contribution in [3.63, 3.8) is 0 Å². The molecule has 0 atom stereocenters. The number of aromatic nitrogens is 1. The molecular weight excluding hydrogens is 336 g/mol. The lowest BCUT2D eigenvalue weighted by Gasteiger charge is -2.37. The van der Waals surface area contributed by atoms with Gasteiger partial charge in [-0.2, -0.15) is 0 Å². The van der Waals surface area contributed by atoms with Crippen LogP contribution in [0.4, 0.5) is 11.5 Å². The molecule has 1 amide bonds. The van der Waals surface area contributed by atoms with Crippen molar-refractivity contribution in [3.8, 4) is 0 Å². The van der Waals surface area contributed by atoms with Crippen LogP contribution in [0, 0.1) is 5.92 Å². The minimum absolute atomic E-state index is 0.147. The number of amides is 1. The van der Waals surface area contributed by atoms with Gasteiger partial charge in [0.15, 0.2) is 0 Å². The number of piperidine rings is 1. The van der Waals surface area contributed by atoms with Crippen molar-refractivity contribution in [2.45, 2.75) is 19.8 Å². The smallest absolute Gasteiger partial charge is 0.254 e. The third kappa shape index (κ3) is 4.07. The van der Waals surface area contributed by atoms with E-state index in [1.54, 1.807) is 6.20 Å². The molecule has 2 aromatic rings. The lowest BCUT2D eigenvalue weighted by Crippen LogP contribution is -2.47. The minimum atomic E-state index is 0.147. The van der Waals surface area contributed by atoms with E-state index in [9.17, 15) is 4.79 Å². The number of carbonyl (C=O) groups excluding carboxylic acids is 1. The Kier molecular flexibility index (Phi) is 5.28. The highest BCUT2D eigenvalue weighted by molar-refractivity contribution is 5.95. The topological polar surface area (TPSA) is 39.7 Å². The van der Waals surface area contributed by atoms with Crippen molar-refractivity contribution in [2.24, 2.45) is 5.92 Å². The molecule has 0 radical (unpaired) electrons. The van der Waals surface area contributed by atoms with E-state index in [0.29, 0.717) is 0 Å². The zero-order valence-electron chi connectivity index (χ0n) is 16.1. The van der Waals surface area contributed by atoms with E-state index < -0.39 is 0 Å². The summed E-state index contributed by atoms with van der Waals surface area (Å²) in [5, 5.41) is 0. The van der Waals surface area contributed by atoms with E-state index in [4.69, 9.17) is 0 Å². The summed E-state index contributed by atoms with van der Waals surface area (Å²) in [4.78, 5) is 24.1. The molecule has 2 aliphatic rings. The van der Waals surface area contributed by atoms with Crippen LogP contribution in [-0.4, -0.2) is 55.1 Å². The third-order valence-electron chi connectivity index (χ3n) is 5.79. The van der Waals surface area contributed by atoms with Gasteiger partial charge in [0.05, 0.1) is 0 Å². The van der Waals surface area contributed by atoms with Gasteiger partial charge >= 0.3 is 0 Å². The lowest BCUT2D eigenvalue weighted by molar-refractivity contribution is 0.0697. The normalized spacial score (nSPS) is 18.6. The van der Waals surface area contributed by atoms with Crippen molar-refractivity contribution < 1.29 is 4.79 Å². The number of carbonyl (C=O) groups is 1. The quantitative estimate of drug-likeness (QED) is 0.838. The van der Waals surface area contributed by atoms with Gasteiger partial charge in [-0.05, 0) is 43.0 Å². The first-order valence-corrected chi connectivity index (χ1v) is 10.0. The van der Waals surface area contributed by atoms with Crippen LogP contribution in [0.25, 0.3) is 0 Å². The maximum atomic E-state index is 12.8. The number of benzene rings is 1. The molecule has 4 rings (SSSR count). The number of pyridine rings is 1. The number of likely N-dealkylation sites (tertiary alicyclic amines) is 1. The van der Waals surface area contributed by atoms with Crippen molar-refractivity contribution >= 4 is 17.4 Å². The van der Waals surface area contributed by atoms with E-state index in [0.717, 1.165) is 69.4 Å². The number of piperazine rings is 1. The van der Waals surface area contributed by atoms with Gasteiger partial charge in [0, 0.05) is 56.7 Å². The Morgan fingerprint density at radius 3 is 2.30 bits per heavy atom. The number of anilines is 2. The summed E-state index contributed by atoms with van der Waals surface area (Å²) in [6.45, 7) is 7.77. The summed E-state index contributed by atoms with van der Waals surface area (Å²) in [6.07, 6.45) is 3.98. The molecule has 2 saturated heterocycles. The maximum Gasteiger partial charge on any atom is 0.254 e. The van der Waals surface area contributed by atoms with Crippen LogP contribution in [-0.2, 0) is 0 Å². The van der Waals surface area contributed by atoms with Gasteiger partial charge in [-0.15, -0.1) is 0 Å². The number of rotatable bonds is 3. The molecular formula is C22H28N4O. The van der Waals surface area contributed by atoms with Crippen molar-refractivity contribution in [2.75, 3.05) is 49.1 Å². The van der Waals surface area contributed by atoms with Gasteiger partial charge in [-0.25, -0.2) is 4.98 Å². The van der Waals surface area contributed by atoms with Crippen LogP contribution in [0.5, 0.6) is 0 Å². The molecule has 142 valence electrons. The summed E-state index contributed by atoms with van der Waals surface area (Å²) in [7, 11) is 0. The third-order valence-corrected chi connectivity index (χ3v) is 5.79. The first-order valence-electron chi connectivity index (χ1n) is 10.0. The average molecular weight is 364 g/mol. The van der Waals surface area contributed by atoms with Gasteiger partial charge < -0.3 is 14.7 Å². The van der Waals surface area contributed by atoms with E-state index in [2.05, 4.69) is 52.0 Å². The summed E-state index contributed by atoms with van der Waals surface area (Å²) in [5.41, 5.74) is 2.04. The average Bonchev–Trinajstić information content (AvgIpc) is 2.75. The zero-order valence-corrected chi connectivity index (χ0v) is 16.1. The largest absolute Gasteiger partial charge is 0.368 e. The zero-order chi connectivity index (χ0) is 18.6. The van der Waals surface area contributed by atoms with Crippen LogP contribution < -0.4 is 9.80 Å². The number of hydrogen-bond acceptors (Lipinski definition) is 4. The molecule has 27 heavy (non-hydrogen) atoms. The maximum absolute atomic E-state index is 12.8. The monoisotopic (exact) mass is 364 g/mol. The highest BCUT2D eigenvalue weighted by Crippen LogP contribution is 2.22. The molecule has 5 heteroatoms. The molecule has 2 fully saturated rings. The first kappa shape index (κ1) is 17.8. The number of hydrogen-bond donors (Lipinski definition) is 0. The van der Waals surface area contributed by atoms with Crippen LogP contribution in [0.15, 0.2) is 48.7 Å². The fraction of sp³-hybridized carbons (Fsp3) is 0.455. The van der Waals surface area contributed by atoms with E-state index in [-0.39, 0.29) is 5.91 Å². The molecule has 0 spiro atoms. The van der Waals surface area contributed by atoms with Crippen molar-refractivity contribution in [1.29, 1.82) is 0 Å².